The lowest BCUT2D eigenvalue weighted by atomic mass is 10.1. The Morgan fingerprint density at radius 2 is 2.00 bits per heavy atom. The summed E-state index contributed by atoms with van der Waals surface area (Å²) < 4.78 is 6.93. The molecule has 0 amide bonds. The molecule has 26 heavy (non-hydrogen) atoms. The van der Waals surface area contributed by atoms with Crippen molar-refractivity contribution in [2.75, 3.05) is 42.3 Å². The number of hydrogen-bond acceptors (Lipinski definition) is 7. The minimum atomic E-state index is 0.286. The smallest absolute Gasteiger partial charge is 0.248 e. The summed E-state index contributed by atoms with van der Waals surface area (Å²) >= 11 is 0. The Balaban J connectivity index is 1.54. The zero-order valence-corrected chi connectivity index (χ0v) is 14.6. The average Bonchev–Trinajstić information content (AvgIpc) is 3.05. The highest BCUT2D eigenvalue weighted by molar-refractivity contribution is 5.64. The van der Waals surface area contributed by atoms with Crippen LogP contribution in [0.15, 0.2) is 42.6 Å². The maximum Gasteiger partial charge on any atom is 0.248 e. The Hall–Kier alpha value is -3.13. The summed E-state index contributed by atoms with van der Waals surface area (Å²) in [6.07, 6.45) is 1.69. The van der Waals surface area contributed by atoms with E-state index in [9.17, 15) is 0 Å². The summed E-state index contributed by atoms with van der Waals surface area (Å²) in [5.74, 6) is 1.36. The van der Waals surface area contributed by atoms with Crippen molar-refractivity contribution in [1.29, 1.82) is 0 Å². The summed E-state index contributed by atoms with van der Waals surface area (Å²) in [5.41, 5.74) is 9.23. The van der Waals surface area contributed by atoms with Gasteiger partial charge in [-0.3, -0.25) is 0 Å². The van der Waals surface area contributed by atoms with Gasteiger partial charge in [-0.25, -0.2) is 4.98 Å². The molecule has 0 atom stereocenters. The SMILES string of the molecule is Cc1cc(N2CCOCC2)ccc1Nc1nc(N)n(-c2ccccn2)n1. The molecule has 0 aliphatic carbocycles. The van der Waals surface area contributed by atoms with E-state index in [0.717, 1.165) is 37.6 Å². The van der Waals surface area contributed by atoms with E-state index in [0.29, 0.717) is 11.8 Å². The average molecular weight is 351 g/mol. The van der Waals surface area contributed by atoms with Crippen LogP contribution in [0.1, 0.15) is 5.56 Å². The van der Waals surface area contributed by atoms with Gasteiger partial charge in [0.1, 0.15) is 0 Å². The fourth-order valence-corrected chi connectivity index (χ4v) is 2.95. The van der Waals surface area contributed by atoms with E-state index in [2.05, 4.69) is 44.3 Å². The van der Waals surface area contributed by atoms with Crippen LogP contribution >= 0.6 is 0 Å². The predicted molar refractivity (Wildman–Crippen MR) is 101 cm³/mol. The molecule has 8 nitrogen and oxygen atoms in total. The van der Waals surface area contributed by atoms with Gasteiger partial charge < -0.3 is 20.7 Å². The fraction of sp³-hybridized carbons (Fsp3) is 0.278. The second-order valence-corrected chi connectivity index (χ2v) is 6.12. The molecule has 1 fully saturated rings. The number of aromatic nitrogens is 4. The quantitative estimate of drug-likeness (QED) is 0.743. The van der Waals surface area contributed by atoms with Crippen molar-refractivity contribution in [3.05, 3.63) is 48.2 Å². The van der Waals surface area contributed by atoms with Crippen molar-refractivity contribution in [2.45, 2.75) is 6.92 Å². The molecular weight excluding hydrogens is 330 g/mol. The molecule has 1 aliphatic heterocycles. The van der Waals surface area contributed by atoms with E-state index in [1.54, 1.807) is 6.20 Å². The fourth-order valence-electron chi connectivity index (χ4n) is 2.95. The van der Waals surface area contributed by atoms with Gasteiger partial charge in [0.05, 0.1) is 13.2 Å². The van der Waals surface area contributed by atoms with Gasteiger partial charge >= 0.3 is 0 Å². The third kappa shape index (κ3) is 3.31. The summed E-state index contributed by atoms with van der Waals surface area (Å²) in [5, 5.41) is 7.65. The summed E-state index contributed by atoms with van der Waals surface area (Å²) in [4.78, 5) is 10.9. The number of nitrogens with zero attached hydrogens (tertiary/aromatic N) is 5. The Morgan fingerprint density at radius 1 is 1.15 bits per heavy atom. The molecular formula is C18H21N7O. The highest BCUT2D eigenvalue weighted by Crippen LogP contribution is 2.25. The van der Waals surface area contributed by atoms with Crippen LogP contribution in [-0.4, -0.2) is 46.1 Å². The van der Waals surface area contributed by atoms with E-state index in [-0.39, 0.29) is 5.95 Å². The largest absolute Gasteiger partial charge is 0.378 e. The number of pyridine rings is 1. The van der Waals surface area contributed by atoms with E-state index in [1.165, 1.54) is 10.4 Å². The molecule has 1 saturated heterocycles. The molecule has 0 saturated carbocycles. The zero-order valence-electron chi connectivity index (χ0n) is 14.6. The van der Waals surface area contributed by atoms with E-state index in [1.807, 2.05) is 24.3 Å². The number of aryl methyl sites for hydroxylation is 1. The van der Waals surface area contributed by atoms with Gasteiger partial charge in [0.2, 0.25) is 11.9 Å². The third-order valence-electron chi connectivity index (χ3n) is 4.33. The highest BCUT2D eigenvalue weighted by atomic mass is 16.5. The number of rotatable bonds is 4. The molecule has 1 aliphatic rings. The second kappa shape index (κ2) is 7.01. The standard InChI is InChI=1S/C18H21N7O/c1-13-12-14(24-8-10-26-11-9-24)5-6-15(13)21-18-22-17(19)25(23-18)16-4-2-3-7-20-16/h2-7,12H,8-11H2,1H3,(H3,19,21,22,23). The number of nitrogen functional groups attached to an aromatic ring is 1. The molecule has 2 aromatic heterocycles. The molecule has 8 heteroatoms. The molecule has 3 heterocycles. The van der Waals surface area contributed by atoms with E-state index >= 15 is 0 Å². The van der Waals surface area contributed by atoms with Gasteiger partial charge in [-0.15, -0.1) is 5.10 Å². The molecule has 0 spiro atoms. The third-order valence-corrected chi connectivity index (χ3v) is 4.33. The summed E-state index contributed by atoms with van der Waals surface area (Å²) in [6, 6.07) is 11.8. The lowest BCUT2D eigenvalue weighted by Crippen LogP contribution is -2.36. The van der Waals surface area contributed by atoms with Crippen molar-refractivity contribution < 1.29 is 4.74 Å². The number of ether oxygens (including phenoxy) is 1. The number of hydrogen-bond donors (Lipinski definition) is 2. The van der Waals surface area contributed by atoms with Crippen LogP contribution in [-0.2, 0) is 4.74 Å². The number of anilines is 4. The Labute approximate surface area is 151 Å². The van der Waals surface area contributed by atoms with Gasteiger partial charge in [0, 0.05) is 30.7 Å². The number of benzene rings is 1. The maximum atomic E-state index is 5.98. The van der Waals surface area contributed by atoms with Crippen LogP contribution in [0.5, 0.6) is 0 Å². The second-order valence-electron chi connectivity index (χ2n) is 6.12. The van der Waals surface area contributed by atoms with Crippen molar-refractivity contribution >= 4 is 23.3 Å². The molecule has 0 radical (unpaired) electrons. The Bertz CT molecular complexity index is 888. The van der Waals surface area contributed by atoms with Crippen molar-refractivity contribution in [1.82, 2.24) is 19.7 Å². The lowest BCUT2D eigenvalue weighted by molar-refractivity contribution is 0.122. The molecule has 134 valence electrons. The van der Waals surface area contributed by atoms with Crippen LogP contribution < -0.4 is 16.0 Å². The summed E-state index contributed by atoms with van der Waals surface area (Å²) in [6.45, 7) is 5.43. The lowest BCUT2D eigenvalue weighted by Gasteiger charge is -2.29. The Kier molecular flexibility index (Phi) is 4.40. The predicted octanol–water partition coefficient (Wildman–Crippen LogP) is 2.13. The molecule has 3 aromatic rings. The zero-order chi connectivity index (χ0) is 17.9. The van der Waals surface area contributed by atoms with Gasteiger partial charge in [-0.1, -0.05) is 6.07 Å². The molecule has 1 aromatic carbocycles. The van der Waals surface area contributed by atoms with Gasteiger partial charge in [0.25, 0.3) is 0 Å². The van der Waals surface area contributed by atoms with E-state index in [4.69, 9.17) is 10.5 Å². The highest BCUT2D eigenvalue weighted by Gasteiger charge is 2.14. The monoisotopic (exact) mass is 351 g/mol. The topological polar surface area (TPSA) is 94.1 Å². The molecule has 0 unspecified atom stereocenters. The molecule has 4 rings (SSSR count). The van der Waals surface area contributed by atoms with Crippen molar-refractivity contribution in [2.24, 2.45) is 0 Å². The van der Waals surface area contributed by atoms with Gasteiger partial charge in [0.15, 0.2) is 5.82 Å². The van der Waals surface area contributed by atoms with Crippen LogP contribution in [0.2, 0.25) is 0 Å². The first-order valence-corrected chi connectivity index (χ1v) is 8.55. The number of morpholine rings is 1. The minimum absolute atomic E-state index is 0.286. The minimum Gasteiger partial charge on any atom is -0.378 e. The van der Waals surface area contributed by atoms with Crippen LogP contribution in [0.4, 0.5) is 23.3 Å². The van der Waals surface area contributed by atoms with Crippen LogP contribution in [0.3, 0.4) is 0 Å². The first kappa shape index (κ1) is 16.3. The van der Waals surface area contributed by atoms with Gasteiger partial charge in [-0.05, 0) is 42.8 Å². The number of nitrogens with one attached hydrogen (secondary N) is 1. The normalized spacial score (nSPS) is 14.4. The van der Waals surface area contributed by atoms with Crippen molar-refractivity contribution in [3.63, 3.8) is 0 Å². The first-order valence-electron chi connectivity index (χ1n) is 8.55. The molecule has 3 N–H and O–H groups in total. The Morgan fingerprint density at radius 3 is 2.73 bits per heavy atom. The van der Waals surface area contributed by atoms with Crippen molar-refractivity contribution in [3.8, 4) is 5.82 Å². The van der Waals surface area contributed by atoms with Crippen LogP contribution in [0.25, 0.3) is 5.82 Å². The van der Waals surface area contributed by atoms with Crippen LogP contribution in [0, 0.1) is 6.92 Å². The molecule has 0 bridgehead atoms. The summed E-state index contributed by atoms with van der Waals surface area (Å²) in [7, 11) is 0. The van der Waals surface area contributed by atoms with Gasteiger partial charge in [-0.2, -0.15) is 9.67 Å². The van der Waals surface area contributed by atoms with E-state index < -0.39 is 0 Å². The first-order chi connectivity index (χ1) is 12.7. The maximum absolute atomic E-state index is 5.98. The number of nitrogens with two attached hydrogens (primary N) is 1.